The molecule has 0 aromatic heterocycles. The Bertz CT molecular complexity index is 1590. The van der Waals surface area contributed by atoms with Crippen molar-refractivity contribution >= 4 is 11.9 Å². The number of esters is 2. The number of hydrogen-bond acceptors (Lipinski definition) is 6. The van der Waals surface area contributed by atoms with Crippen LogP contribution >= 0.6 is 0 Å². The van der Waals surface area contributed by atoms with Crippen molar-refractivity contribution < 1.29 is 28.5 Å². The first kappa shape index (κ1) is 33.0. The molecule has 2 saturated heterocycles. The maximum absolute atomic E-state index is 12.0. The van der Waals surface area contributed by atoms with Crippen LogP contribution in [0.3, 0.4) is 0 Å². The summed E-state index contributed by atoms with van der Waals surface area (Å²) in [5.41, 5.74) is 10.8. The Morgan fingerprint density at radius 3 is 1.40 bits per heavy atom. The van der Waals surface area contributed by atoms with Crippen LogP contribution < -0.4 is 9.47 Å². The minimum absolute atomic E-state index is 0.00137. The van der Waals surface area contributed by atoms with Crippen LogP contribution in [0.15, 0.2) is 47.6 Å². The molecule has 0 N–H and O–H groups in total. The molecule has 2 aromatic carbocycles. The van der Waals surface area contributed by atoms with E-state index in [1.807, 2.05) is 0 Å². The Balaban J connectivity index is 0.000000152. The van der Waals surface area contributed by atoms with Gasteiger partial charge in [-0.15, -0.1) is 0 Å². The predicted octanol–water partition coefficient (Wildman–Crippen LogP) is 8.28. The normalized spacial score (nSPS) is 31.0. The van der Waals surface area contributed by atoms with Crippen LogP contribution in [0.5, 0.6) is 11.5 Å². The van der Waals surface area contributed by atoms with E-state index >= 15 is 0 Å². The van der Waals surface area contributed by atoms with Crippen LogP contribution in [0.4, 0.5) is 0 Å². The molecule has 48 heavy (non-hydrogen) atoms. The maximum atomic E-state index is 12.0. The number of ether oxygens (including phenoxy) is 4. The van der Waals surface area contributed by atoms with Gasteiger partial charge in [0.1, 0.15) is 11.5 Å². The molecular formula is C42H52O6. The molecule has 0 bridgehead atoms. The van der Waals surface area contributed by atoms with Crippen LogP contribution in [-0.2, 0) is 42.7 Å². The summed E-state index contributed by atoms with van der Waals surface area (Å²) in [6.07, 6.45) is 10.3. The summed E-state index contributed by atoms with van der Waals surface area (Å²) in [5.74, 6) is 3.67. The molecule has 4 fully saturated rings. The average Bonchev–Trinajstić information content (AvgIpc) is 3.64. The van der Waals surface area contributed by atoms with Gasteiger partial charge in [0, 0.05) is 33.8 Å². The zero-order valence-electron chi connectivity index (χ0n) is 30.0. The molecule has 0 spiro atoms. The SMILES string of the molecule is COc1c(C(C)C)ccc2c1CC=C1[C@H]3COC(=O)[C@H]3CC[C@@]12C.COc1c(C(C)C)ccc2c1CC=C1[C@H]3COC(=O)[C@H]3CC[C@@]12C. The Morgan fingerprint density at radius 1 is 0.646 bits per heavy atom. The number of methoxy groups -OCH3 is 2. The van der Waals surface area contributed by atoms with Crippen molar-refractivity contribution in [2.75, 3.05) is 27.4 Å². The second-order valence-electron chi connectivity index (χ2n) is 15.9. The lowest BCUT2D eigenvalue weighted by atomic mass is 9.57. The van der Waals surface area contributed by atoms with Crippen molar-refractivity contribution in [3.8, 4) is 11.5 Å². The molecule has 6 aliphatic rings. The van der Waals surface area contributed by atoms with Gasteiger partial charge in [0.05, 0.1) is 39.3 Å². The Morgan fingerprint density at radius 2 is 1.04 bits per heavy atom. The van der Waals surface area contributed by atoms with Gasteiger partial charge in [0.25, 0.3) is 0 Å². The average molecular weight is 653 g/mol. The molecule has 6 nitrogen and oxygen atoms in total. The second kappa shape index (κ2) is 12.1. The van der Waals surface area contributed by atoms with E-state index in [-0.39, 0.29) is 46.4 Å². The number of allylic oxidation sites excluding steroid dienone is 2. The summed E-state index contributed by atoms with van der Waals surface area (Å²) in [6, 6.07) is 9.08. The van der Waals surface area contributed by atoms with Gasteiger partial charge in [-0.25, -0.2) is 0 Å². The fraction of sp³-hybridized carbons (Fsp3) is 0.571. The third kappa shape index (κ3) is 4.87. The molecule has 2 heterocycles. The first-order valence-corrected chi connectivity index (χ1v) is 18.1. The number of cyclic esters (lactones) is 2. The van der Waals surface area contributed by atoms with Gasteiger partial charge in [0.15, 0.2) is 0 Å². The minimum atomic E-state index is 0.00137. The molecule has 256 valence electrons. The zero-order chi connectivity index (χ0) is 34.1. The highest BCUT2D eigenvalue weighted by atomic mass is 16.5. The summed E-state index contributed by atoms with van der Waals surface area (Å²) in [5, 5.41) is 0. The van der Waals surface area contributed by atoms with Gasteiger partial charge >= 0.3 is 11.9 Å². The highest BCUT2D eigenvalue weighted by Crippen LogP contribution is 2.56. The Labute approximate surface area is 286 Å². The largest absolute Gasteiger partial charge is 0.496 e. The quantitative estimate of drug-likeness (QED) is 0.245. The van der Waals surface area contributed by atoms with Crippen molar-refractivity contribution in [2.45, 2.75) is 103 Å². The smallest absolute Gasteiger partial charge is 0.309 e. The van der Waals surface area contributed by atoms with E-state index in [9.17, 15) is 9.59 Å². The van der Waals surface area contributed by atoms with Crippen LogP contribution in [0, 0.1) is 23.7 Å². The standard InChI is InChI=1S/2C21H26O3/c2*1-12(2)13-5-7-17-15(19(13)23-4)6-8-18-16-11-24-20(22)14(16)9-10-21(17,18)3/h2*5,7-8,12,14,16H,6,9-11H2,1-4H3/t2*14-,16-,21+/m00/s1. The Hall–Kier alpha value is -3.54. The molecule has 0 unspecified atom stereocenters. The summed E-state index contributed by atoms with van der Waals surface area (Å²) in [6.45, 7) is 14.6. The molecule has 4 aliphatic carbocycles. The Kier molecular flexibility index (Phi) is 8.32. The van der Waals surface area contributed by atoms with Crippen molar-refractivity contribution in [3.05, 3.63) is 80.9 Å². The molecule has 6 heteroatoms. The summed E-state index contributed by atoms with van der Waals surface area (Å²) < 4.78 is 22.4. The zero-order valence-corrected chi connectivity index (χ0v) is 30.0. The van der Waals surface area contributed by atoms with Gasteiger partial charge < -0.3 is 18.9 Å². The van der Waals surface area contributed by atoms with E-state index < -0.39 is 0 Å². The highest BCUT2D eigenvalue weighted by molar-refractivity contribution is 5.77. The first-order valence-electron chi connectivity index (χ1n) is 18.1. The van der Waals surface area contributed by atoms with Crippen LogP contribution in [0.1, 0.15) is 112 Å². The predicted molar refractivity (Wildman–Crippen MR) is 187 cm³/mol. The molecule has 0 radical (unpaired) electrons. The summed E-state index contributed by atoms with van der Waals surface area (Å²) in [4.78, 5) is 24.0. The van der Waals surface area contributed by atoms with Crippen molar-refractivity contribution in [2.24, 2.45) is 23.7 Å². The van der Waals surface area contributed by atoms with E-state index in [1.54, 1.807) is 14.2 Å². The van der Waals surface area contributed by atoms with E-state index in [1.165, 1.54) is 44.5 Å². The number of carbonyl (C=O) groups excluding carboxylic acids is 2. The lowest BCUT2D eigenvalue weighted by Crippen LogP contribution is -2.40. The van der Waals surface area contributed by atoms with Crippen molar-refractivity contribution in [3.63, 3.8) is 0 Å². The topological polar surface area (TPSA) is 71.1 Å². The fourth-order valence-corrected chi connectivity index (χ4v) is 10.2. The molecular weight excluding hydrogens is 600 g/mol. The monoisotopic (exact) mass is 652 g/mol. The van der Waals surface area contributed by atoms with E-state index in [0.29, 0.717) is 25.0 Å². The number of benzene rings is 2. The summed E-state index contributed by atoms with van der Waals surface area (Å²) >= 11 is 0. The van der Waals surface area contributed by atoms with Crippen molar-refractivity contribution in [1.82, 2.24) is 0 Å². The molecule has 2 aromatic rings. The molecule has 2 aliphatic heterocycles. The molecule has 2 saturated carbocycles. The minimum Gasteiger partial charge on any atom is -0.496 e. The lowest BCUT2D eigenvalue weighted by Gasteiger charge is -2.45. The van der Waals surface area contributed by atoms with E-state index in [4.69, 9.17) is 18.9 Å². The van der Waals surface area contributed by atoms with Gasteiger partial charge in [-0.3, -0.25) is 9.59 Å². The third-order valence-corrected chi connectivity index (χ3v) is 12.8. The number of carbonyl (C=O) groups is 2. The third-order valence-electron chi connectivity index (χ3n) is 12.8. The van der Waals surface area contributed by atoms with Crippen LogP contribution in [0.25, 0.3) is 0 Å². The van der Waals surface area contributed by atoms with Gasteiger partial charge in [-0.1, -0.05) is 89.1 Å². The van der Waals surface area contributed by atoms with Gasteiger partial charge in [-0.2, -0.15) is 0 Å². The van der Waals surface area contributed by atoms with Crippen molar-refractivity contribution in [1.29, 1.82) is 0 Å². The molecule has 8 rings (SSSR count). The number of hydrogen-bond donors (Lipinski definition) is 0. The van der Waals surface area contributed by atoms with Crippen LogP contribution in [0.2, 0.25) is 0 Å². The summed E-state index contributed by atoms with van der Waals surface area (Å²) in [7, 11) is 3.56. The maximum Gasteiger partial charge on any atom is 0.309 e. The molecule has 0 amide bonds. The highest BCUT2D eigenvalue weighted by Gasteiger charge is 2.52. The van der Waals surface area contributed by atoms with E-state index in [2.05, 4.69) is 78.0 Å². The van der Waals surface area contributed by atoms with Crippen LogP contribution in [-0.4, -0.2) is 39.4 Å². The first-order chi connectivity index (χ1) is 22.9. The van der Waals surface area contributed by atoms with Gasteiger partial charge in [0.2, 0.25) is 0 Å². The lowest BCUT2D eigenvalue weighted by molar-refractivity contribution is -0.142. The molecule has 6 atom stereocenters. The number of rotatable bonds is 4. The fourth-order valence-electron chi connectivity index (χ4n) is 10.2. The number of fused-ring (bicyclic) bond motifs is 10. The second-order valence-corrected chi connectivity index (χ2v) is 15.9. The van der Waals surface area contributed by atoms with Gasteiger partial charge in [-0.05, 0) is 72.6 Å². The van der Waals surface area contributed by atoms with E-state index in [0.717, 1.165) is 50.0 Å².